The number of hydrogen-bond acceptors (Lipinski definition) is 4. The summed E-state index contributed by atoms with van der Waals surface area (Å²) in [6.45, 7) is 1.88. The quantitative estimate of drug-likeness (QED) is 0.641. The van der Waals surface area contributed by atoms with Crippen LogP contribution in [0.3, 0.4) is 0 Å². The van der Waals surface area contributed by atoms with Gasteiger partial charge < -0.3 is 5.32 Å². The third-order valence-electron chi connectivity index (χ3n) is 4.49. The molecule has 1 aliphatic rings. The van der Waals surface area contributed by atoms with Gasteiger partial charge in [0.05, 0.1) is 16.9 Å². The van der Waals surface area contributed by atoms with Gasteiger partial charge in [0.15, 0.2) is 5.65 Å². The number of nitrogens with zero attached hydrogens (tertiary/aromatic N) is 4. The fourth-order valence-corrected chi connectivity index (χ4v) is 3.44. The van der Waals surface area contributed by atoms with Gasteiger partial charge in [0, 0.05) is 10.6 Å². The van der Waals surface area contributed by atoms with Crippen LogP contribution in [0.4, 0.5) is 11.6 Å². The zero-order chi connectivity index (χ0) is 17.4. The van der Waals surface area contributed by atoms with Crippen LogP contribution in [-0.4, -0.2) is 19.6 Å². The van der Waals surface area contributed by atoms with Crippen molar-refractivity contribution in [3.63, 3.8) is 0 Å². The molecule has 1 fully saturated rings. The van der Waals surface area contributed by atoms with Gasteiger partial charge in [-0.05, 0) is 43.9 Å². The largest absolute Gasteiger partial charge is 0.323 e. The van der Waals surface area contributed by atoms with Crippen LogP contribution in [0.2, 0.25) is 10.0 Å². The summed E-state index contributed by atoms with van der Waals surface area (Å²) in [5, 5.41) is 8.85. The molecule has 1 aromatic carbocycles. The number of aromatic nitrogens is 4. The van der Waals surface area contributed by atoms with Crippen LogP contribution >= 0.6 is 23.2 Å². The molecule has 2 aromatic heterocycles. The fourth-order valence-electron chi connectivity index (χ4n) is 2.99. The highest BCUT2D eigenvalue weighted by molar-refractivity contribution is 6.36. The Balaban J connectivity index is 1.62. The Morgan fingerprint density at radius 2 is 2.08 bits per heavy atom. The average Bonchev–Trinajstić information content (AvgIpc) is 3.30. The van der Waals surface area contributed by atoms with Gasteiger partial charge in [-0.3, -0.25) is 0 Å². The van der Waals surface area contributed by atoms with E-state index >= 15 is 0 Å². The molecule has 5 nitrogen and oxygen atoms in total. The molecule has 25 heavy (non-hydrogen) atoms. The molecule has 2 heterocycles. The highest BCUT2D eigenvalue weighted by Gasteiger charge is 2.21. The maximum atomic E-state index is 6.26. The lowest BCUT2D eigenvalue weighted by Gasteiger charge is -2.10. The molecule has 0 saturated heterocycles. The lowest BCUT2D eigenvalue weighted by molar-refractivity contribution is 0.667. The monoisotopic (exact) mass is 375 g/mol. The molecule has 1 N–H and O–H groups in total. The van der Waals surface area contributed by atoms with Crippen molar-refractivity contribution in [2.45, 2.75) is 39.0 Å². The summed E-state index contributed by atoms with van der Waals surface area (Å²) >= 11 is 12.2. The molecule has 0 aliphatic heterocycles. The Morgan fingerprint density at radius 1 is 1.24 bits per heavy atom. The van der Waals surface area contributed by atoms with Gasteiger partial charge >= 0.3 is 0 Å². The summed E-state index contributed by atoms with van der Waals surface area (Å²) in [5.41, 5.74) is 2.75. The van der Waals surface area contributed by atoms with Gasteiger partial charge in [0.1, 0.15) is 5.82 Å². The third-order valence-corrected chi connectivity index (χ3v) is 5.03. The zero-order valence-electron chi connectivity index (χ0n) is 14.0. The van der Waals surface area contributed by atoms with Crippen LogP contribution in [0.5, 0.6) is 0 Å². The van der Waals surface area contributed by atoms with Gasteiger partial charge in [-0.25, -0.2) is 4.98 Å². The Hall–Kier alpha value is -1.85. The molecule has 1 saturated carbocycles. The highest BCUT2D eigenvalue weighted by atomic mass is 35.5. The van der Waals surface area contributed by atoms with Crippen molar-refractivity contribution in [1.29, 1.82) is 0 Å². The first-order valence-corrected chi connectivity index (χ1v) is 9.29. The molecule has 130 valence electrons. The molecule has 1 aliphatic carbocycles. The third kappa shape index (κ3) is 3.72. The number of fused-ring (bicyclic) bond motifs is 1. The normalized spacial score (nSPS) is 14.2. The number of benzene rings is 1. The molecular weight excluding hydrogens is 357 g/mol. The summed E-state index contributed by atoms with van der Waals surface area (Å²) in [5.74, 6) is 2.24. The van der Waals surface area contributed by atoms with E-state index < -0.39 is 0 Å². The van der Waals surface area contributed by atoms with Crippen molar-refractivity contribution in [2.75, 3.05) is 5.32 Å². The minimum absolute atomic E-state index is 0.536. The standard InChI is InChI=1S/C18H19Cl2N5/c1-11-22-17-13(4-2-3-12-5-6-12)10-21-25(17)18(23-11)24-16-8-7-14(19)9-15(16)20/h7-10,12H,2-6H2,1H3,(H,22,23,24). The van der Waals surface area contributed by atoms with E-state index in [0.29, 0.717) is 21.8 Å². The molecule has 7 heteroatoms. The van der Waals surface area contributed by atoms with Crippen LogP contribution in [-0.2, 0) is 6.42 Å². The van der Waals surface area contributed by atoms with Crippen LogP contribution in [0.1, 0.15) is 37.1 Å². The zero-order valence-corrected chi connectivity index (χ0v) is 15.5. The minimum Gasteiger partial charge on any atom is -0.323 e. The van der Waals surface area contributed by atoms with Crippen molar-refractivity contribution in [2.24, 2.45) is 5.92 Å². The van der Waals surface area contributed by atoms with Crippen LogP contribution in [0, 0.1) is 12.8 Å². The number of hydrogen-bond donors (Lipinski definition) is 1. The second kappa shape index (κ2) is 6.81. The lowest BCUT2D eigenvalue weighted by Crippen LogP contribution is -2.06. The summed E-state index contributed by atoms with van der Waals surface area (Å²) in [6, 6.07) is 5.31. The van der Waals surface area contributed by atoms with E-state index in [1.807, 2.05) is 19.2 Å². The molecule has 0 unspecified atom stereocenters. The van der Waals surface area contributed by atoms with Crippen molar-refractivity contribution in [3.05, 3.63) is 45.8 Å². The Bertz CT molecular complexity index is 917. The molecule has 4 rings (SSSR count). The number of rotatable bonds is 6. The fraction of sp³-hybridized carbons (Fsp3) is 0.389. The second-order valence-corrected chi connectivity index (χ2v) is 7.43. The first kappa shape index (κ1) is 16.6. The smallest absolute Gasteiger partial charge is 0.232 e. The van der Waals surface area contributed by atoms with E-state index in [0.717, 1.165) is 29.2 Å². The van der Waals surface area contributed by atoms with E-state index in [9.17, 15) is 0 Å². The summed E-state index contributed by atoms with van der Waals surface area (Å²) < 4.78 is 1.74. The van der Waals surface area contributed by atoms with E-state index in [1.165, 1.54) is 25.7 Å². The Morgan fingerprint density at radius 3 is 2.84 bits per heavy atom. The number of anilines is 2. The summed E-state index contributed by atoms with van der Waals surface area (Å²) in [7, 11) is 0. The molecular formula is C18H19Cl2N5. The van der Waals surface area contributed by atoms with E-state index in [1.54, 1.807) is 16.6 Å². The molecule has 0 bridgehead atoms. The van der Waals surface area contributed by atoms with Gasteiger partial charge in [0.2, 0.25) is 5.95 Å². The topological polar surface area (TPSA) is 55.1 Å². The van der Waals surface area contributed by atoms with Crippen molar-refractivity contribution in [3.8, 4) is 0 Å². The molecule has 0 atom stereocenters. The number of aryl methyl sites for hydroxylation is 2. The Kier molecular flexibility index (Phi) is 4.52. The predicted molar refractivity (Wildman–Crippen MR) is 101 cm³/mol. The van der Waals surface area contributed by atoms with Crippen LogP contribution in [0.15, 0.2) is 24.4 Å². The van der Waals surface area contributed by atoms with Crippen LogP contribution in [0.25, 0.3) is 5.65 Å². The maximum Gasteiger partial charge on any atom is 0.232 e. The van der Waals surface area contributed by atoms with E-state index in [4.69, 9.17) is 23.2 Å². The molecule has 0 amide bonds. The maximum absolute atomic E-state index is 6.26. The van der Waals surface area contributed by atoms with Crippen molar-refractivity contribution >= 4 is 40.5 Å². The average molecular weight is 376 g/mol. The number of halogens is 2. The van der Waals surface area contributed by atoms with Crippen molar-refractivity contribution in [1.82, 2.24) is 19.6 Å². The molecule has 3 aromatic rings. The Labute approximate surface area is 156 Å². The van der Waals surface area contributed by atoms with Gasteiger partial charge in [-0.15, -0.1) is 0 Å². The summed E-state index contributed by atoms with van der Waals surface area (Å²) in [6.07, 6.45) is 8.16. The van der Waals surface area contributed by atoms with E-state index in [2.05, 4.69) is 20.4 Å². The highest BCUT2D eigenvalue weighted by Crippen LogP contribution is 2.34. The van der Waals surface area contributed by atoms with E-state index in [-0.39, 0.29) is 0 Å². The van der Waals surface area contributed by atoms with Gasteiger partial charge in [0.25, 0.3) is 0 Å². The summed E-state index contributed by atoms with van der Waals surface area (Å²) in [4.78, 5) is 9.06. The first-order valence-electron chi connectivity index (χ1n) is 8.53. The minimum atomic E-state index is 0.536. The first-order chi connectivity index (χ1) is 12.1. The SMILES string of the molecule is Cc1nc(Nc2ccc(Cl)cc2Cl)n2ncc(CCCC3CC3)c2n1. The second-order valence-electron chi connectivity index (χ2n) is 6.58. The van der Waals surface area contributed by atoms with Crippen molar-refractivity contribution < 1.29 is 0 Å². The van der Waals surface area contributed by atoms with Crippen LogP contribution < -0.4 is 5.32 Å². The lowest BCUT2D eigenvalue weighted by atomic mass is 10.1. The van der Waals surface area contributed by atoms with Gasteiger partial charge in [-0.1, -0.05) is 42.5 Å². The van der Waals surface area contributed by atoms with Gasteiger partial charge in [-0.2, -0.15) is 14.6 Å². The molecule has 0 spiro atoms. The molecule has 0 radical (unpaired) electrons. The number of nitrogens with one attached hydrogen (secondary N) is 1. The predicted octanol–water partition coefficient (Wildman–Crippen LogP) is 5.22.